The molecule has 1 aliphatic heterocycles. The number of hydrogen-bond donors (Lipinski definition) is 0. The van der Waals surface area contributed by atoms with Gasteiger partial charge in [-0.2, -0.15) is 0 Å². The smallest absolute Gasteiger partial charge is 0.330 e. The Labute approximate surface area is 379 Å². The number of benzene rings is 2. The molecule has 346 valence electrons. The molecule has 12 nitrogen and oxygen atoms in total. The fourth-order valence-corrected chi connectivity index (χ4v) is 7.75. The highest BCUT2D eigenvalue weighted by molar-refractivity contribution is 5.81. The molecule has 0 bridgehead atoms. The molecular formula is C52H68N2O10. The van der Waals surface area contributed by atoms with Crippen LogP contribution in [0.2, 0.25) is 0 Å². The van der Waals surface area contributed by atoms with Crippen LogP contribution >= 0.6 is 0 Å². The second-order valence-corrected chi connectivity index (χ2v) is 16.5. The molecule has 0 aliphatic carbocycles. The normalized spacial score (nSPS) is 20.1. The van der Waals surface area contributed by atoms with Crippen molar-refractivity contribution >= 4 is 17.7 Å². The van der Waals surface area contributed by atoms with Gasteiger partial charge in [-0.15, -0.1) is 0 Å². The monoisotopic (exact) mass is 880 g/mol. The van der Waals surface area contributed by atoms with Crippen molar-refractivity contribution in [1.82, 2.24) is 4.98 Å². The van der Waals surface area contributed by atoms with E-state index in [4.69, 9.17) is 32.8 Å². The van der Waals surface area contributed by atoms with Gasteiger partial charge in [0, 0.05) is 64.0 Å². The summed E-state index contributed by atoms with van der Waals surface area (Å²) < 4.78 is 42.1. The maximum Gasteiger partial charge on any atom is 0.330 e. The molecule has 12 heteroatoms. The van der Waals surface area contributed by atoms with E-state index >= 15 is 0 Å². The van der Waals surface area contributed by atoms with Crippen LogP contribution in [0.4, 0.5) is 5.69 Å². The Morgan fingerprint density at radius 2 is 1.64 bits per heavy atom. The molecule has 2 aromatic carbocycles. The summed E-state index contributed by atoms with van der Waals surface area (Å²) in [6.07, 6.45) is 20.8. The van der Waals surface area contributed by atoms with E-state index in [1.165, 1.54) is 18.2 Å². The Bertz CT molecular complexity index is 2070. The molecule has 2 heterocycles. The highest BCUT2D eigenvalue weighted by Gasteiger charge is 2.33. The predicted molar refractivity (Wildman–Crippen MR) is 250 cm³/mol. The molecule has 64 heavy (non-hydrogen) atoms. The quantitative estimate of drug-likeness (QED) is 0.0264. The number of carbonyl (C=O) groups is 1. The van der Waals surface area contributed by atoms with Gasteiger partial charge in [0.05, 0.1) is 49.2 Å². The number of nitrogens with zero attached hydrogens (tertiary/aromatic N) is 2. The summed E-state index contributed by atoms with van der Waals surface area (Å²) in [5, 5.41) is 11.4. The summed E-state index contributed by atoms with van der Waals surface area (Å²) >= 11 is 0. The molecule has 0 spiro atoms. The van der Waals surface area contributed by atoms with Crippen LogP contribution in [0.15, 0.2) is 131 Å². The zero-order chi connectivity index (χ0) is 46.4. The number of aromatic nitrogens is 1. The first-order chi connectivity index (χ1) is 30.8. The summed E-state index contributed by atoms with van der Waals surface area (Å²) in [4.78, 5) is 27.2. The van der Waals surface area contributed by atoms with Crippen LogP contribution in [0, 0.1) is 34.8 Å². The van der Waals surface area contributed by atoms with Crippen molar-refractivity contribution in [2.24, 2.45) is 17.8 Å². The van der Waals surface area contributed by atoms with E-state index < -0.39 is 4.92 Å². The second kappa shape index (κ2) is 27.2. The van der Waals surface area contributed by atoms with Crippen LogP contribution in [0.25, 0.3) is 6.08 Å². The van der Waals surface area contributed by atoms with Gasteiger partial charge >= 0.3 is 5.97 Å². The number of rotatable bonds is 25. The number of esters is 1. The lowest BCUT2D eigenvalue weighted by molar-refractivity contribution is -0.384. The average molecular weight is 881 g/mol. The third kappa shape index (κ3) is 17.4. The molecule has 0 N–H and O–H groups in total. The van der Waals surface area contributed by atoms with Crippen molar-refractivity contribution < 1.29 is 42.6 Å². The van der Waals surface area contributed by atoms with Crippen LogP contribution in [-0.4, -0.2) is 67.4 Å². The van der Waals surface area contributed by atoms with Gasteiger partial charge < -0.3 is 32.8 Å². The third-order valence-electron chi connectivity index (χ3n) is 11.4. The molecule has 4 rings (SSSR count). The van der Waals surface area contributed by atoms with Gasteiger partial charge in [0.1, 0.15) is 12.0 Å². The third-order valence-corrected chi connectivity index (χ3v) is 11.4. The average Bonchev–Trinajstić information content (AvgIpc) is 3.70. The Balaban J connectivity index is 1.58. The summed E-state index contributed by atoms with van der Waals surface area (Å²) in [6, 6.07) is 16.5. The minimum absolute atomic E-state index is 0.0252. The van der Waals surface area contributed by atoms with E-state index in [0.717, 1.165) is 52.8 Å². The van der Waals surface area contributed by atoms with Gasteiger partial charge in [0.25, 0.3) is 5.69 Å². The fourth-order valence-electron chi connectivity index (χ4n) is 7.75. The molecule has 1 unspecified atom stereocenters. The van der Waals surface area contributed by atoms with Crippen LogP contribution < -0.4 is 0 Å². The molecule has 0 saturated carbocycles. The highest BCUT2D eigenvalue weighted by Crippen LogP contribution is 2.33. The van der Waals surface area contributed by atoms with Crippen molar-refractivity contribution in [2.45, 2.75) is 118 Å². The lowest BCUT2D eigenvalue weighted by Gasteiger charge is -2.36. The standard InChI is InChI=1S/C52H68N2O10/c1-10-60-50(55)24-16-23-44-30-48(64-51(31-44)58-8)38(4)19-15-18-37(3)47(62-33-42-21-12-11-13-22-42)32-49(63-34-43-25-27-46(28-26-43)54(56)57)40(6)52(59-9)39(5)20-14-17-36(2)29-45-35-61-41(7)53-45/h11-22,24-29,35,38,40,44,47-49,51-52H,10,23,30-34H2,1-9H3/b17-14+,19-15+,24-16+,36-29+,37-18+,39-20+/t38-,40+,44-,47+,48-,49+,51?,52+/m1/s1. The molecular weight excluding hydrogens is 813 g/mol. The first kappa shape index (κ1) is 51.4. The number of non-ortho nitro benzene ring substituents is 1. The molecule has 8 atom stereocenters. The SMILES string of the molecule is CCOC(=O)/C=C/C[C@H]1CC(OC)O[C@@H]([C@H](C)/C=C/C=C(\C)[C@H](C[C@H](OCc2ccc([N+](=O)[O-])cc2)[C@H](C)[C@@H](OC)/C(C)=C/C=C/C(C)=C/c2coc(C)n2)OCc2ccccc2)C1. The summed E-state index contributed by atoms with van der Waals surface area (Å²) in [5.41, 5.74) is 5.72. The summed E-state index contributed by atoms with van der Waals surface area (Å²) in [6.45, 7) is 15.0. The van der Waals surface area contributed by atoms with Crippen molar-refractivity contribution in [3.63, 3.8) is 0 Å². The van der Waals surface area contributed by atoms with Gasteiger partial charge in [-0.25, -0.2) is 9.78 Å². The lowest BCUT2D eigenvalue weighted by Crippen LogP contribution is -2.37. The molecule has 1 aromatic heterocycles. The maximum atomic E-state index is 11.9. The Hall–Kier alpha value is -5.24. The Kier molecular flexibility index (Phi) is 21.8. The minimum Gasteiger partial charge on any atom is -0.463 e. The number of oxazole rings is 1. The molecule has 0 amide bonds. The molecule has 1 fully saturated rings. The zero-order valence-corrected chi connectivity index (χ0v) is 39.0. The number of allylic oxidation sites excluding steroid dienone is 7. The summed E-state index contributed by atoms with van der Waals surface area (Å²) in [7, 11) is 3.37. The molecule has 0 radical (unpaired) electrons. The largest absolute Gasteiger partial charge is 0.463 e. The Morgan fingerprint density at radius 1 is 0.938 bits per heavy atom. The van der Waals surface area contributed by atoms with Gasteiger partial charge in [-0.05, 0) is 92.5 Å². The number of ether oxygens (including phenoxy) is 6. The fraction of sp³-hybridized carbons (Fsp3) is 0.462. The van der Waals surface area contributed by atoms with Gasteiger partial charge in [-0.3, -0.25) is 10.1 Å². The van der Waals surface area contributed by atoms with E-state index in [1.54, 1.807) is 39.5 Å². The summed E-state index contributed by atoms with van der Waals surface area (Å²) in [5.74, 6) is 0.529. The van der Waals surface area contributed by atoms with E-state index in [1.807, 2.05) is 68.5 Å². The van der Waals surface area contributed by atoms with Crippen molar-refractivity contribution in [1.29, 1.82) is 0 Å². The first-order valence-corrected chi connectivity index (χ1v) is 22.1. The predicted octanol–water partition coefficient (Wildman–Crippen LogP) is 11.4. The number of methoxy groups -OCH3 is 2. The molecule has 3 aromatic rings. The van der Waals surface area contributed by atoms with Crippen LogP contribution in [-0.2, 0) is 46.4 Å². The minimum atomic E-state index is -0.405. The van der Waals surface area contributed by atoms with Crippen LogP contribution in [0.5, 0.6) is 0 Å². The van der Waals surface area contributed by atoms with E-state index in [2.05, 4.69) is 57.0 Å². The van der Waals surface area contributed by atoms with Crippen molar-refractivity contribution in [3.05, 3.63) is 159 Å². The van der Waals surface area contributed by atoms with Gasteiger partial charge in [-0.1, -0.05) is 86.7 Å². The zero-order valence-electron chi connectivity index (χ0n) is 39.0. The van der Waals surface area contributed by atoms with E-state index in [0.29, 0.717) is 31.4 Å². The number of aryl methyl sites for hydroxylation is 1. The van der Waals surface area contributed by atoms with Crippen LogP contribution in [0.3, 0.4) is 0 Å². The molecule has 1 saturated heterocycles. The molecule has 1 aliphatic rings. The topological polar surface area (TPSA) is 142 Å². The number of carbonyl (C=O) groups excluding carboxylic acids is 1. The van der Waals surface area contributed by atoms with E-state index in [9.17, 15) is 14.9 Å². The number of nitro benzene ring substituents is 1. The second-order valence-electron chi connectivity index (χ2n) is 16.5. The maximum absolute atomic E-state index is 11.9. The van der Waals surface area contributed by atoms with Crippen LogP contribution in [0.1, 0.15) is 89.9 Å². The number of nitro groups is 1. The lowest BCUT2D eigenvalue weighted by atomic mass is 9.86. The van der Waals surface area contributed by atoms with Crippen molar-refractivity contribution in [3.8, 4) is 0 Å². The highest BCUT2D eigenvalue weighted by atomic mass is 16.7. The van der Waals surface area contributed by atoms with Crippen molar-refractivity contribution in [2.75, 3.05) is 20.8 Å². The van der Waals surface area contributed by atoms with Gasteiger partial charge in [0.2, 0.25) is 0 Å². The van der Waals surface area contributed by atoms with Gasteiger partial charge in [0.15, 0.2) is 12.2 Å². The first-order valence-electron chi connectivity index (χ1n) is 22.1. The van der Waals surface area contributed by atoms with E-state index in [-0.39, 0.29) is 60.8 Å². The Morgan fingerprint density at radius 3 is 2.30 bits per heavy atom. The number of hydrogen-bond acceptors (Lipinski definition) is 11.